The van der Waals surface area contributed by atoms with E-state index in [0.29, 0.717) is 15.8 Å². The minimum Gasteiger partial charge on any atom is -0.457 e. The number of halogens is 3. The average Bonchev–Trinajstić information content (AvgIpc) is 2.70. The highest BCUT2D eigenvalue weighted by Gasteiger charge is 2.14. The molecule has 0 aliphatic rings. The Morgan fingerprint density at radius 1 is 1.24 bits per heavy atom. The Balaban J connectivity index is 2.19. The highest BCUT2D eigenvalue weighted by atomic mass is 79.9. The van der Waals surface area contributed by atoms with Crippen LogP contribution in [0.25, 0.3) is 0 Å². The van der Waals surface area contributed by atoms with Gasteiger partial charge in [-0.05, 0) is 39.7 Å². The van der Waals surface area contributed by atoms with Crippen molar-refractivity contribution in [1.82, 2.24) is 0 Å². The second-order valence-electron chi connectivity index (χ2n) is 3.46. The molecule has 0 N–H and O–H groups in total. The van der Waals surface area contributed by atoms with Crippen LogP contribution in [0, 0.1) is 11.6 Å². The first-order chi connectivity index (χ1) is 8.08. The predicted molar refractivity (Wildman–Crippen MR) is 60.8 cm³/mol. The topological polar surface area (TPSA) is 30.2 Å². The van der Waals surface area contributed by atoms with Gasteiger partial charge in [0, 0.05) is 6.42 Å². The van der Waals surface area contributed by atoms with Crippen LogP contribution in [0.2, 0.25) is 0 Å². The summed E-state index contributed by atoms with van der Waals surface area (Å²) in [6.07, 6.45) is 1.37. The molecule has 1 aromatic heterocycles. The normalized spacial score (nSPS) is 10.5. The van der Waals surface area contributed by atoms with Gasteiger partial charge in [-0.2, -0.15) is 0 Å². The van der Waals surface area contributed by atoms with E-state index < -0.39 is 11.6 Å². The van der Waals surface area contributed by atoms with Crippen LogP contribution in [-0.4, -0.2) is 5.78 Å². The van der Waals surface area contributed by atoms with E-state index in [2.05, 4.69) is 15.9 Å². The zero-order valence-corrected chi connectivity index (χ0v) is 10.1. The van der Waals surface area contributed by atoms with E-state index in [0.717, 1.165) is 12.1 Å². The molecule has 17 heavy (non-hydrogen) atoms. The molecule has 0 aliphatic heterocycles. The Bertz CT molecular complexity index is 563. The van der Waals surface area contributed by atoms with E-state index >= 15 is 0 Å². The Morgan fingerprint density at radius 2 is 2.00 bits per heavy atom. The quantitative estimate of drug-likeness (QED) is 0.808. The van der Waals surface area contributed by atoms with Crippen molar-refractivity contribution in [2.45, 2.75) is 6.42 Å². The molecule has 0 saturated heterocycles. The zero-order valence-electron chi connectivity index (χ0n) is 8.54. The van der Waals surface area contributed by atoms with E-state index in [9.17, 15) is 13.6 Å². The van der Waals surface area contributed by atoms with Crippen LogP contribution in [-0.2, 0) is 6.42 Å². The number of hydrogen-bond acceptors (Lipinski definition) is 2. The lowest BCUT2D eigenvalue weighted by Crippen LogP contribution is -2.03. The number of benzene rings is 1. The van der Waals surface area contributed by atoms with E-state index in [-0.39, 0.29) is 12.2 Å². The molecular weight excluding hydrogens is 294 g/mol. The molecule has 2 rings (SSSR count). The van der Waals surface area contributed by atoms with Gasteiger partial charge in [0.05, 0.1) is 11.8 Å². The molecule has 0 spiro atoms. The zero-order chi connectivity index (χ0) is 12.4. The van der Waals surface area contributed by atoms with Crippen LogP contribution in [0.4, 0.5) is 8.78 Å². The SMILES string of the molecule is O=C(Cc1ccc(F)c(F)c1)c1ccoc1Br. The first-order valence-corrected chi connectivity index (χ1v) is 5.57. The van der Waals surface area contributed by atoms with Crippen LogP contribution in [0.5, 0.6) is 0 Å². The van der Waals surface area contributed by atoms with E-state index in [1.54, 1.807) is 0 Å². The minimum atomic E-state index is -0.957. The molecule has 0 aliphatic carbocycles. The lowest BCUT2D eigenvalue weighted by atomic mass is 10.1. The third kappa shape index (κ3) is 2.61. The van der Waals surface area contributed by atoms with Crippen molar-refractivity contribution < 1.29 is 18.0 Å². The summed E-state index contributed by atoms with van der Waals surface area (Å²) in [5.41, 5.74) is 0.803. The van der Waals surface area contributed by atoms with Crippen molar-refractivity contribution >= 4 is 21.7 Å². The molecule has 1 aromatic carbocycles. The summed E-state index contributed by atoms with van der Waals surface area (Å²) in [5, 5.41) is 0. The van der Waals surface area contributed by atoms with Gasteiger partial charge in [0.2, 0.25) is 0 Å². The summed E-state index contributed by atoms with van der Waals surface area (Å²) in [7, 11) is 0. The maximum absolute atomic E-state index is 12.9. The van der Waals surface area contributed by atoms with Crippen molar-refractivity contribution in [2.24, 2.45) is 0 Å². The third-order valence-corrected chi connectivity index (χ3v) is 2.88. The monoisotopic (exact) mass is 300 g/mol. The Labute approximate surface area is 104 Å². The summed E-state index contributed by atoms with van der Waals surface area (Å²) >= 11 is 3.08. The lowest BCUT2D eigenvalue weighted by Gasteiger charge is -2.00. The Hall–Kier alpha value is -1.49. The summed E-state index contributed by atoms with van der Waals surface area (Å²) in [6, 6.07) is 4.92. The van der Waals surface area contributed by atoms with Crippen molar-refractivity contribution in [3.05, 3.63) is 58.0 Å². The second-order valence-corrected chi connectivity index (χ2v) is 4.18. The number of ketones is 1. The standard InChI is InChI=1S/C12H7BrF2O2/c13-12-8(3-4-17-12)11(16)6-7-1-2-9(14)10(15)5-7/h1-5H,6H2. The third-order valence-electron chi connectivity index (χ3n) is 2.27. The summed E-state index contributed by atoms with van der Waals surface area (Å²) < 4.78 is 30.9. The number of carbonyl (C=O) groups is 1. The Morgan fingerprint density at radius 3 is 2.59 bits per heavy atom. The van der Waals surface area contributed by atoms with Gasteiger partial charge < -0.3 is 4.42 Å². The molecular formula is C12H7BrF2O2. The summed E-state index contributed by atoms with van der Waals surface area (Å²) in [5.74, 6) is -2.11. The number of furan rings is 1. The van der Waals surface area contributed by atoms with E-state index in [1.165, 1.54) is 18.4 Å². The van der Waals surface area contributed by atoms with Gasteiger partial charge in [0.25, 0.3) is 0 Å². The van der Waals surface area contributed by atoms with Crippen molar-refractivity contribution in [1.29, 1.82) is 0 Å². The number of rotatable bonds is 3. The molecule has 0 amide bonds. The highest BCUT2D eigenvalue weighted by Crippen LogP contribution is 2.20. The van der Waals surface area contributed by atoms with Gasteiger partial charge in [-0.3, -0.25) is 4.79 Å². The molecule has 88 valence electrons. The van der Waals surface area contributed by atoms with Gasteiger partial charge in [0.1, 0.15) is 0 Å². The second kappa shape index (κ2) is 4.79. The molecule has 1 heterocycles. The molecule has 0 saturated carbocycles. The fourth-order valence-electron chi connectivity index (χ4n) is 1.42. The molecule has 0 atom stereocenters. The number of carbonyl (C=O) groups excluding carboxylic acids is 1. The van der Waals surface area contributed by atoms with Gasteiger partial charge in [0.15, 0.2) is 22.1 Å². The lowest BCUT2D eigenvalue weighted by molar-refractivity contribution is 0.0991. The van der Waals surface area contributed by atoms with Crippen molar-refractivity contribution in [3.63, 3.8) is 0 Å². The van der Waals surface area contributed by atoms with Gasteiger partial charge in [-0.25, -0.2) is 8.78 Å². The molecule has 2 nitrogen and oxygen atoms in total. The maximum Gasteiger partial charge on any atom is 0.179 e. The first kappa shape index (κ1) is 12.0. The van der Waals surface area contributed by atoms with Gasteiger partial charge in [-0.15, -0.1) is 0 Å². The van der Waals surface area contributed by atoms with Crippen molar-refractivity contribution in [3.8, 4) is 0 Å². The summed E-state index contributed by atoms with van der Waals surface area (Å²) in [6.45, 7) is 0. The van der Waals surface area contributed by atoms with Crippen LogP contribution in [0.1, 0.15) is 15.9 Å². The van der Waals surface area contributed by atoms with E-state index in [4.69, 9.17) is 4.42 Å². The molecule has 0 unspecified atom stereocenters. The molecule has 0 bridgehead atoms. The molecule has 5 heteroatoms. The van der Waals surface area contributed by atoms with Crippen molar-refractivity contribution in [2.75, 3.05) is 0 Å². The fraction of sp³-hybridized carbons (Fsp3) is 0.0833. The van der Waals surface area contributed by atoms with Crippen LogP contribution < -0.4 is 0 Å². The Kier molecular flexibility index (Phi) is 3.38. The fourth-order valence-corrected chi connectivity index (χ4v) is 1.88. The van der Waals surface area contributed by atoms with Crippen LogP contribution in [0.15, 0.2) is 39.6 Å². The average molecular weight is 301 g/mol. The van der Waals surface area contributed by atoms with Gasteiger partial charge in [-0.1, -0.05) is 6.07 Å². The first-order valence-electron chi connectivity index (χ1n) is 4.78. The maximum atomic E-state index is 12.9. The van der Waals surface area contributed by atoms with Gasteiger partial charge >= 0.3 is 0 Å². The number of Topliss-reactive ketones (excluding diaryl/α,β-unsaturated/α-hetero) is 1. The van der Waals surface area contributed by atoms with Crippen LogP contribution >= 0.6 is 15.9 Å². The smallest absolute Gasteiger partial charge is 0.179 e. The minimum absolute atomic E-state index is 0.00463. The van der Waals surface area contributed by atoms with E-state index in [1.807, 2.05) is 0 Å². The number of hydrogen-bond donors (Lipinski definition) is 0. The molecule has 0 radical (unpaired) electrons. The van der Waals surface area contributed by atoms with Crippen LogP contribution in [0.3, 0.4) is 0 Å². The molecule has 2 aromatic rings. The largest absolute Gasteiger partial charge is 0.457 e. The highest BCUT2D eigenvalue weighted by molar-refractivity contribution is 9.10. The molecule has 0 fully saturated rings. The predicted octanol–water partition coefficient (Wildman–Crippen LogP) is 3.75. The summed E-state index contributed by atoms with van der Waals surface area (Å²) in [4.78, 5) is 11.8.